The second-order valence-corrected chi connectivity index (χ2v) is 9.60. The zero-order chi connectivity index (χ0) is 21.7. The molecule has 0 saturated carbocycles. The average molecular weight is 489 g/mol. The van der Waals surface area contributed by atoms with E-state index in [0.717, 1.165) is 84.4 Å². The fourth-order valence-electron chi connectivity index (χ4n) is 4.90. The topological polar surface area (TPSA) is 59.3 Å². The summed E-state index contributed by atoms with van der Waals surface area (Å²) in [6.07, 6.45) is 7.41. The van der Waals surface area contributed by atoms with E-state index in [1.807, 2.05) is 17.8 Å². The Morgan fingerprint density at radius 3 is 2.61 bits per heavy atom. The predicted molar refractivity (Wildman–Crippen MR) is 133 cm³/mol. The number of thiazole rings is 1. The maximum Gasteiger partial charge on any atom is 0.188 e. The lowest BCUT2D eigenvalue weighted by atomic mass is 9.89. The molecule has 7 nitrogen and oxygen atoms in total. The molecule has 0 amide bonds. The highest BCUT2D eigenvalue weighted by Crippen LogP contribution is 2.36. The molecule has 4 aromatic rings. The minimum atomic E-state index is -0.275. The summed E-state index contributed by atoms with van der Waals surface area (Å²) in [5.74, 6) is 0.134. The van der Waals surface area contributed by atoms with Crippen molar-refractivity contribution in [1.82, 2.24) is 19.5 Å². The zero-order valence-corrected chi connectivity index (χ0v) is 20.0. The van der Waals surface area contributed by atoms with E-state index >= 15 is 0 Å². The largest absolute Gasteiger partial charge is 0.378 e. The van der Waals surface area contributed by atoms with Gasteiger partial charge in [-0.15, -0.1) is 12.4 Å². The summed E-state index contributed by atoms with van der Waals surface area (Å²) in [5, 5.41) is 1.97. The average Bonchev–Trinajstić information content (AvgIpc) is 3.40. The monoisotopic (exact) mass is 488 g/mol. The Balaban J connectivity index is 0.00000228. The van der Waals surface area contributed by atoms with Gasteiger partial charge in [0.1, 0.15) is 11.5 Å². The Morgan fingerprint density at radius 1 is 1.03 bits per heavy atom. The summed E-state index contributed by atoms with van der Waals surface area (Å²) < 4.78 is 22.4. The second-order valence-electron chi connectivity index (χ2n) is 8.59. The number of hydrogen-bond donors (Lipinski definition) is 0. The highest BCUT2D eigenvalue weighted by atomic mass is 35.5. The lowest BCUT2D eigenvalue weighted by molar-refractivity contribution is 0.122. The number of halogens is 2. The van der Waals surface area contributed by atoms with Gasteiger partial charge in [0.05, 0.1) is 36.0 Å². The van der Waals surface area contributed by atoms with Crippen molar-refractivity contribution in [3.63, 3.8) is 0 Å². The molecule has 0 atom stereocenters. The molecule has 10 heteroatoms. The first-order chi connectivity index (χ1) is 15.7. The molecule has 6 heterocycles. The van der Waals surface area contributed by atoms with Gasteiger partial charge in [-0.25, -0.2) is 14.4 Å². The molecule has 174 valence electrons. The molecule has 4 aromatic heterocycles. The maximum atomic E-state index is 13.8. The molecule has 2 aliphatic heterocycles. The Hall–Kier alpha value is -2.49. The van der Waals surface area contributed by atoms with Crippen LogP contribution in [-0.4, -0.2) is 58.9 Å². The van der Waals surface area contributed by atoms with E-state index in [-0.39, 0.29) is 18.2 Å². The van der Waals surface area contributed by atoms with Crippen LogP contribution < -0.4 is 9.80 Å². The fraction of sp³-hybridized carbons (Fsp3) is 0.435. The first-order valence-corrected chi connectivity index (χ1v) is 11.9. The van der Waals surface area contributed by atoms with Gasteiger partial charge in [0, 0.05) is 44.8 Å². The van der Waals surface area contributed by atoms with Crippen LogP contribution in [0.15, 0.2) is 30.7 Å². The Labute approximate surface area is 201 Å². The molecule has 0 bridgehead atoms. The van der Waals surface area contributed by atoms with Gasteiger partial charge >= 0.3 is 0 Å². The molecule has 2 fully saturated rings. The lowest BCUT2D eigenvalue weighted by Gasteiger charge is -2.33. The van der Waals surface area contributed by atoms with Crippen LogP contribution in [0.2, 0.25) is 0 Å². The van der Waals surface area contributed by atoms with Crippen LogP contribution in [0, 0.1) is 5.82 Å². The van der Waals surface area contributed by atoms with Crippen molar-refractivity contribution in [2.45, 2.75) is 18.8 Å². The van der Waals surface area contributed by atoms with Crippen LogP contribution in [0.4, 0.5) is 15.2 Å². The number of aryl methyl sites for hydroxylation is 1. The Morgan fingerprint density at radius 2 is 1.82 bits per heavy atom. The van der Waals surface area contributed by atoms with E-state index in [4.69, 9.17) is 9.72 Å². The Bertz CT molecular complexity index is 1280. The smallest absolute Gasteiger partial charge is 0.188 e. The number of morpholine rings is 1. The molecule has 0 unspecified atom stereocenters. The van der Waals surface area contributed by atoms with Crippen LogP contribution in [0.25, 0.3) is 21.4 Å². The Kier molecular flexibility index (Phi) is 6.11. The number of pyridine rings is 2. The molecule has 2 saturated heterocycles. The van der Waals surface area contributed by atoms with Gasteiger partial charge < -0.3 is 19.1 Å². The maximum absolute atomic E-state index is 13.8. The molecular weight excluding hydrogens is 463 g/mol. The van der Waals surface area contributed by atoms with Crippen molar-refractivity contribution in [1.29, 1.82) is 0 Å². The van der Waals surface area contributed by atoms with Gasteiger partial charge in [-0.2, -0.15) is 4.98 Å². The van der Waals surface area contributed by atoms with Gasteiger partial charge in [0.15, 0.2) is 10.8 Å². The van der Waals surface area contributed by atoms with Crippen LogP contribution in [0.1, 0.15) is 24.3 Å². The molecule has 0 N–H and O–H groups in total. The third-order valence-electron chi connectivity index (χ3n) is 6.61. The third kappa shape index (κ3) is 4.13. The molecule has 0 aliphatic carbocycles. The van der Waals surface area contributed by atoms with Crippen molar-refractivity contribution in [2.24, 2.45) is 7.05 Å². The predicted octanol–water partition coefficient (Wildman–Crippen LogP) is 4.36. The molecular formula is C23H26ClFN6OS. The standard InChI is InChI=1S/C23H25FN6OS.ClH/c1-28-14-19(18-10-16(24)12-26-22(18)28)15-2-4-29(5-3-15)17-11-20-21(25-13-17)27-23(32-20)30-6-8-31-9-7-30;/h10-15H,2-9H2,1H3;1H. The van der Waals surface area contributed by atoms with Gasteiger partial charge in [0.25, 0.3) is 0 Å². The number of ether oxygens (including phenoxy) is 1. The fourth-order valence-corrected chi connectivity index (χ4v) is 5.91. The summed E-state index contributed by atoms with van der Waals surface area (Å²) >= 11 is 1.71. The van der Waals surface area contributed by atoms with Gasteiger partial charge in [0.2, 0.25) is 0 Å². The number of rotatable bonds is 3. The van der Waals surface area contributed by atoms with Crippen molar-refractivity contribution in [3.8, 4) is 0 Å². The highest BCUT2D eigenvalue weighted by molar-refractivity contribution is 7.22. The number of fused-ring (bicyclic) bond motifs is 2. The van der Waals surface area contributed by atoms with Gasteiger partial charge in [-0.3, -0.25) is 0 Å². The number of anilines is 2. The SMILES string of the molecule is Cl.Cn1cc(C2CCN(c3cnc4nc(N5CCOCC5)sc4c3)CC2)c2cc(F)cnc21. The first kappa shape index (κ1) is 22.3. The minimum Gasteiger partial charge on any atom is -0.378 e. The van der Waals surface area contributed by atoms with E-state index < -0.39 is 0 Å². The van der Waals surface area contributed by atoms with Crippen molar-refractivity contribution in [3.05, 3.63) is 42.1 Å². The molecule has 33 heavy (non-hydrogen) atoms. The number of aromatic nitrogens is 4. The lowest BCUT2D eigenvalue weighted by Crippen LogP contribution is -2.36. The van der Waals surface area contributed by atoms with Crippen molar-refractivity contribution in [2.75, 3.05) is 49.2 Å². The van der Waals surface area contributed by atoms with Crippen molar-refractivity contribution < 1.29 is 9.13 Å². The number of nitrogens with zero attached hydrogens (tertiary/aromatic N) is 6. The van der Waals surface area contributed by atoms with E-state index in [1.54, 1.807) is 17.4 Å². The number of hydrogen-bond acceptors (Lipinski definition) is 7. The molecule has 0 spiro atoms. The van der Waals surface area contributed by atoms with E-state index in [9.17, 15) is 4.39 Å². The molecule has 0 aromatic carbocycles. The first-order valence-electron chi connectivity index (χ1n) is 11.1. The zero-order valence-electron chi connectivity index (χ0n) is 18.4. The van der Waals surface area contributed by atoms with Gasteiger partial charge in [-0.1, -0.05) is 11.3 Å². The molecule has 0 radical (unpaired) electrons. The summed E-state index contributed by atoms with van der Waals surface area (Å²) in [7, 11) is 1.98. The number of piperidine rings is 1. The minimum absolute atomic E-state index is 0. The second kappa shape index (κ2) is 9.04. The van der Waals surface area contributed by atoms with E-state index in [2.05, 4.69) is 32.0 Å². The summed E-state index contributed by atoms with van der Waals surface area (Å²) in [5.41, 5.74) is 4.03. The summed E-state index contributed by atoms with van der Waals surface area (Å²) in [6.45, 7) is 5.17. The van der Waals surface area contributed by atoms with Crippen LogP contribution >= 0.6 is 23.7 Å². The molecule has 6 rings (SSSR count). The van der Waals surface area contributed by atoms with E-state index in [1.165, 1.54) is 11.8 Å². The normalized spacial score (nSPS) is 17.6. The summed E-state index contributed by atoms with van der Waals surface area (Å²) in [6, 6.07) is 3.85. The summed E-state index contributed by atoms with van der Waals surface area (Å²) in [4.78, 5) is 18.3. The van der Waals surface area contributed by atoms with Crippen molar-refractivity contribution >= 4 is 55.9 Å². The molecule has 2 aliphatic rings. The highest BCUT2D eigenvalue weighted by Gasteiger charge is 2.25. The van der Waals surface area contributed by atoms with E-state index in [0.29, 0.717) is 5.92 Å². The van der Waals surface area contributed by atoms with Crippen LogP contribution in [0.3, 0.4) is 0 Å². The quantitative estimate of drug-likeness (QED) is 0.427. The van der Waals surface area contributed by atoms with Crippen LogP contribution in [-0.2, 0) is 11.8 Å². The van der Waals surface area contributed by atoms with Crippen LogP contribution in [0.5, 0.6) is 0 Å². The van der Waals surface area contributed by atoms with Gasteiger partial charge in [-0.05, 0) is 36.5 Å². The third-order valence-corrected chi connectivity index (χ3v) is 7.67.